The highest BCUT2D eigenvalue weighted by atomic mass is 35.5. The van der Waals surface area contributed by atoms with Crippen LogP contribution in [0.4, 0.5) is 19.0 Å². The van der Waals surface area contributed by atoms with Gasteiger partial charge in [-0.3, -0.25) is 0 Å². The van der Waals surface area contributed by atoms with Gasteiger partial charge in [0.25, 0.3) is 0 Å². The molecule has 0 saturated carbocycles. The molecule has 0 amide bonds. The predicted molar refractivity (Wildman–Crippen MR) is 94.7 cm³/mol. The van der Waals surface area contributed by atoms with Gasteiger partial charge in [0, 0.05) is 0 Å². The van der Waals surface area contributed by atoms with Crippen LogP contribution in [0.1, 0.15) is 32.0 Å². The number of anilines is 1. The van der Waals surface area contributed by atoms with Gasteiger partial charge in [-0.15, -0.1) is 0 Å². The molecule has 1 heterocycles. The van der Waals surface area contributed by atoms with E-state index in [1.165, 1.54) is 20.8 Å². The van der Waals surface area contributed by atoms with E-state index >= 15 is 0 Å². The van der Waals surface area contributed by atoms with Gasteiger partial charge in [0.15, 0.2) is 15.5 Å². The lowest BCUT2D eigenvalue weighted by Crippen LogP contribution is -2.29. The fourth-order valence-corrected chi connectivity index (χ4v) is 4.13. The van der Waals surface area contributed by atoms with Gasteiger partial charge in [-0.1, -0.05) is 23.2 Å². The maximum atomic E-state index is 12.9. The summed E-state index contributed by atoms with van der Waals surface area (Å²) in [5.41, 5.74) is 4.00. The summed E-state index contributed by atoms with van der Waals surface area (Å²) < 4.78 is 63.6. The molecular formula is C15H13Cl2F3N4O2S. The summed E-state index contributed by atoms with van der Waals surface area (Å²) in [6, 6.07) is 2.83. The fraction of sp³-hybridized carbons (Fsp3) is 0.333. The Hall–Kier alpha value is -1.96. The van der Waals surface area contributed by atoms with Crippen molar-refractivity contribution in [2.75, 3.05) is 5.73 Å². The summed E-state index contributed by atoms with van der Waals surface area (Å²) in [7, 11) is -4.09. The first kappa shape index (κ1) is 21.3. The predicted octanol–water partition coefficient (Wildman–Crippen LogP) is 4.22. The molecule has 2 rings (SSSR count). The van der Waals surface area contributed by atoms with Crippen molar-refractivity contribution < 1.29 is 21.6 Å². The molecule has 146 valence electrons. The number of hydrogen-bond donors (Lipinski definition) is 1. The maximum absolute atomic E-state index is 12.9. The molecule has 0 bridgehead atoms. The van der Waals surface area contributed by atoms with Gasteiger partial charge in [-0.2, -0.15) is 23.5 Å². The number of nitrogen functional groups attached to an aromatic ring is 1. The largest absolute Gasteiger partial charge is 0.416 e. The van der Waals surface area contributed by atoms with Crippen LogP contribution in [-0.2, 0) is 16.0 Å². The van der Waals surface area contributed by atoms with Gasteiger partial charge >= 0.3 is 6.18 Å². The average Bonchev–Trinajstić information content (AvgIpc) is 2.81. The lowest BCUT2D eigenvalue weighted by atomic mass is 10.2. The monoisotopic (exact) mass is 440 g/mol. The van der Waals surface area contributed by atoms with E-state index in [1.807, 2.05) is 0 Å². The van der Waals surface area contributed by atoms with Gasteiger partial charge in [0.2, 0.25) is 0 Å². The molecule has 6 nitrogen and oxygen atoms in total. The molecule has 2 aromatic rings. The Labute approximate surface area is 163 Å². The highest BCUT2D eigenvalue weighted by Gasteiger charge is 2.39. The van der Waals surface area contributed by atoms with Crippen LogP contribution in [0.25, 0.3) is 5.69 Å². The van der Waals surface area contributed by atoms with E-state index in [9.17, 15) is 26.9 Å². The zero-order valence-corrected chi connectivity index (χ0v) is 16.5. The van der Waals surface area contributed by atoms with Crippen molar-refractivity contribution in [2.45, 2.75) is 36.6 Å². The number of nitrogens with two attached hydrogens (primary N) is 1. The van der Waals surface area contributed by atoms with Crippen molar-refractivity contribution >= 4 is 38.9 Å². The third-order valence-corrected chi connectivity index (χ3v) is 6.74. The van der Waals surface area contributed by atoms with E-state index in [0.717, 1.165) is 4.68 Å². The summed E-state index contributed by atoms with van der Waals surface area (Å²) in [5.74, 6) is -0.481. The van der Waals surface area contributed by atoms with Crippen molar-refractivity contribution in [3.8, 4) is 11.8 Å². The van der Waals surface area contributed by atoms with Crippen molar-refractivity contribution in [3.05, 3.63) is 33.4 Å². The zero-order valence-electron chi connectivity index (χ0n) is 14.2. The van der Waals surface area contributed by atoms with Crippen LogP contribution in [0.15, 0.2) is 17.0 Å². The van der Waals surface area contributed by atoms with E-state index in [0.29, 0.717) is 12.1 Å². The van der Waals surface area contributed by atoms with E-state index in [4.69, 9.17) is 28.9 Å². The number of aromatic nitrogens is 2. The fourth-order valence-electron chi connectivity index (χ4n) is 2.16. The SMILES string of the molecule is CC(C)(C)S(=O)(=O)c1c(C#N)nn(-c2c(Cl)cc(C(F)(F)F)cc2Cl)c1N. The van der Waals surface area contributed by atoms with Crippen molar-refractivity contribution in [1.29, 1.82) is 5.26 Å². The molecule has 0 fully saturated rings. The highest BCUT2D eigenvalue weighted by molar-refractivity contribution is 7.93. The molecule has 12 heteroatoms. The van der Waals surface area contributed by atoms with Crippen molar-refractivity contribution in [3.63, 3.8) is 0 Å². The second-order valence-corrected chi connectivity index (χ2v) is 9.94. The van der Waals surface area contributed by atoms with Gasteiger partial charge in [-0.05, 0) is 32.9 Å². The van der Waals surface area contributed by atoms with Crippen LogP contribution in [0.2, 0.25) is 10.0 Å². The minimum absolute atomic E-state index is 0.268. The minimum Gasteiger partial charge on any atom is -0.382 e. The van der Waals surface area contributed by atoms with Crippen LogP contribution in [-0.4, -0.2) is 22.9 Å². The van der Waals surface area contributed by atoms with E-state index in [1.54, 1.807) is 6.07 Å². The molecule has 0 aliphatic carbocycles. The molecule has 2 N–H and O–H groups in total. The number of benzene rings is 1. The number of halogens is 5. The molecule has 0 atom stereocenters. The molecule has 0 aliphatic rings. The standard InChI is InChI=1S/C15H13Cl2F3N4O2S/c1-14(2,3)27(25,26)12-10(6-21)23-24(13(12)22)11-8(16)4-7(5-9(11)17)15(18,19)20/h4-5H,22H2,1-3H3. The second-order valence-electron chi connectivity index (χ2n) is 6.49. The van der Waals surface area contributed by atoms with Crippen LogP contribution < -0.4 is 5.73 Å². The van der Waals surface area contributed by atoms with Gasteiger partial charge in [0.05, 0.1) is 20.4 Å². The molecule has 0 radical (unpaired) electrons. The topological polar surface area (TPSA) is 102 Å². The molecule has 0 saturated heterocycles. The van der Waals surface area contributed by atoms with Crippen LogP contribution in [0, 0.1) is 11.3 Å². The first-order valence-electron chi connectivity index (χ1n) is 7.22. The summed E-state index contributed by atoms with van der Waals surface area (Å²) in [5, 5.41) is 12.1. The number of nitriles is 1. The summed E-state index contributed by atoms with van der Waals surface area (Å²) in [6.07, 6.45) is -4.69. The van der Waals surface area contributed by atoms with Crippen LogP contribution in [0.3, 0.4) is 0 Å². The lowest BCUT2D eigenvalue weighted by molar-refractivity contribution is -0.137. The quantitative estimate of drug-likeness (QED) is 0.752. The smallest absolute Gasteiger partial charge is 0.382 e. The number of hydrogen-bond acceptors (Lipinski definition) is 5. The van der Waals surface area contributed by atoms with Crippen LogP contribution >= 0.6 is 23.2 Å². The lowest BCUT2D eigenvalue weighted by Gasteiger charge is -2.19. The number of sulfone groups is 1. The molecular weight excluding hydrogens is 428 g/mol. The van der Waals surface area contributed by atoms with Gasteiger partial charge < -0.3 is 5.73 Å². The molecule has 0 unspecified atom stereocenters. The Morgan fingerprint density at radius 2 is 1.67 bits per heavy atom. The number of alkyl halides is 3. The second kappa shape index (κ2) is 6.58. The Morgan fingerprint density at radius 1 is 1.19 bits per heavy atom. The van der Waals surface area contributed by atoms with Crippen LogP contribution in [0.5, 0.6) is 0 Å². The Balaban J connectivity index is 2.83. The third kappa shape index (κ3) is 3.59. The van der Waals surface area contributed by atoms with Crippen molar-refractivity contribution in [1.82, 2.24) is 9.78 Å². The number of nitrogens with zero attached hydrogens (tertiary/aromatic N) is 3. The normalized spacial score (nSPS) is 12.9. The first-order valence-corrected chi connectivity index (χ1v) is 9.46. The van der Waals surface area contributed by atoms with Gasteiger partial charge in [-0.25, -0.2) is 13.1 Å². The molecule has 0 aliphatic heterocycles. The summed E-state index contributed by atoms with van der Waals surface area (Å²) in [6.45, 7) is 4.20. The van der Waals surface area contributed by atoms with E-state index in [-0.39, 0.29) is 5.69 Å². The Kier molecular flexibility index (Phi) is 5.20. The minimum atomic E-state index is -4.69. The van der Waals surface area contributed by atoms with E-state index in [2.05, 4.69) is 5.10 Å². The molecule has 0 spiro atoms. The Bertz CT molecular complexity index is 1040. The molecule has 27 heavy (non-hydrogen) atoms. The molecule has 1 aromatic heterocycles. The third-order valence-electron chi connectivity index (χ3n) is 3.61. The van der Waals surface area contributed by atoms with Crippen molar-refractivity contribution in [2.24, 2.45) is 0 Å². The summed E-state index contributed by atoms with van der Waals surface area (Å²) >= 11 is 11.8. The highest BCUT2D eigenvalue weighted by Crippen LogP contribution is 2.40. The molecule has 1 aromatic carbocycles. The zero-order chi connectivity index (χ0) is 20.9. The number of rotatable bonds is 2. The summed E-state index contributed by atoms with van der Waals surface area (Å²) in [4.78, 5) is -0.537. The van der Waals surface area contributed by atoms with E-state index < -0.39 is 52.8 Å². The van der Waals surface area contributed by atoms with Gasteiger partial charge in [0.1, 0.15) is 22.5 Å². The Morgan fingerprint density at radius 3 is 2.04 bits per heavy atom. The first-order chi connectivity index (χ1) is 12.1. The average molecular weight is 441 g/mol. The maximum Gasteiger partial charge on any atom is 0.416 e.